The zero-order valence-corrected chi connectivity index (χ0v) is 14.9. The molecule has 134 valence electrons. The SMILES string of the molecule is Cc1cc2c(c(OC(=O)C(=O)O)c1)C(C)C(Cc1ccccc1C)=CO2. The number of ether oxygens (including phenoxy) is 2. The minimum absolute atomic E-state index is 0.0736. The molecule has 0 saturated heterocycles. The van der Waals surface area contributed by atoms with Crippen molar-refractivity contribution in [3.05, 3.63) is 70.5 Å². The monoisotopic (exact) mass is 352 g/mol. The van der Waals surface area contributed by atoms with Crippen LogP contribution in [-0.4, -0.2) is 17.0 Å². The number of fused-ring (bicyclic) bond motifs is 1. The summed E-state index contributed by atoms with van der Waals surface area (Å²) in [6.07, 6.45) is 2.44. The van der Waals surface area contributed by atoms with Crippen LogP contribution in [0.25, 0.3) is 0 Å². The smallest absolute Gasteiger partial charge is 0.422 e. The quantitative estimate of drug-likeness (QED) is 0.515. The van der Waals surface area contributed by atoms with E-state index in [1.165, 1.54) is 11.1 Å². The second kappa shape index (κ2) is 7.04. The van der Waals surface area contributed by atoms with Crippen molar-refractivity contribution in [1.82, 2.24) is 0 Å². The fourth-order valence-corrected chi connectivity index (χ4v) is 3.13. The van der Waals surface area contributed by atoms with Gasteiger partial charge in [-0.2, -0.15) is 0 Å². The molecule has 3 rings (SSSR count). The molecule has 0 bridgehead atoms. The summed E-state index contributed by atoms with van der Waals surface area (Å²) in [7, 11) is 0. The summed E-state index contributed by atoms with van der Waals surface area (Å²) >= 11 is 0. The first kappa shape index (κ1) is 17.7. The Labute approximate surface area is 151 Å². The molecule has 1 unspecified atom stereocenters. The molecular weight excluding hydrogens is 332 g/mol. The van der Waals surface area contributed by atoms with Gasteiger partial charge in [0.1, 0.15) is 11.5 Å². The van der Waals surface area contributed by atoms with Crippen LogP contribution >= 0.6 is 0 Å². The van der Waals surface area contributed by atoms with E-state index < -0.39 is 11.9 Å². The van der Waals surface area contributed by atoms with Gasteiger partial charge in [-0.05, 0) is 54.7 Å². The fourth-order valence-electron chi connectivity index (χ4n) is 3.13. The van der Waals surface area contributed by atoms with Crippen molar-refractivity contribution in [2.45, 2.75) is 33.1 Å². The molecule has 2 aromatic carbocycles. The number of hydrogen-bond acceptors (Lipinski definition) is 4. The third-order valence-corrected chi connectivity index (χ3v) is 4.61. The minimum atomic E-state index is -1.62. The molecule has 0 fully saturated rings. The van der Waals surface area contributed by atoms with E-state index in [0.29, 0.717) is 17.7 Å². The van der Waals surface area contributed by atoms with Crippen LogP contribution in [0, 0.1) is 13.8 Å². The predicted octanol–water partition coefficient (Wildman–Crippen LogP) is 3.92. The number of carbonyl (C=O) groups is 2. The van der Waals surface area contributed by atoms with Crippen molar-refractivity contribution in [3.63, 3.8) is 0 Å². The first-order valence-electron chi connectivity index (χ1n) is 8.36. The molecule has 0 aliphatic carbocycles. The first-order chi connectivity index (χ1) is 12.4. The van der Waals surface area contributed by atoms with E-state index in [0.717, 1.165) is 11.1 Å². The summed E-state index contributed by atoms with van der Waals surface area (Å²) in [6, 6.07) is 11.6. The zero-order chi connectivity index (χ0) is 18.8. The van der Waals surface area contributed by atoms with Gasteiger partial charge in [0.15, 0.2) is 0 Å². The van der Waals surface area contributed by atoms with Gasteiger partial charge < -0.3 is 14.6 Å². The van der Waals surface area contributed by atoms with E-state index in [-0.39, 0.29) is 11.7 Å². The number of aryl methyl sites for hydroxylation is 2. The van der Waals surface area contributed by atoms with E-state index in [1.54, 1.807) is 12.3 Å². The number of hydrogen-bond donors (Lipinski definition) is 1. The maximum atomic E-state index is 11.6. The van der Waals surface area contributed by atoms with Crippen molar-refractivity contribution in [2.75, 3.05) is 0 Å². The lowest BCUT2D eigenvalue weighted by Gasteiger charge is -2.26. The number of carboxylic acid groups (broad SMARTS) is 1. The molecule has 5 heteroatoms. The molecule has 0 radical (unpaired) electrons. The normalized spacial score (nSPS) is 15.5. The number of benzene rings is 2. The number of allylic oxidation sites excluding steroid dienone is 1. The fraction of sp³-hybridized carbons (Fsp3) is 0.238. The maximum Gasteiger partial charge on any atom is 0.422 e. The average Bonchev–Trinajstić information content (AvgIpc) is 2.58. The van der Waals surface area contributed by atoms with E-state index >= 15 is 0 Å². The molecule has 1 aliphatic rings. The molecule has 5 nitrogen and oxygen atoms in total. The third-order valence-electron chi connectivity index (χ3n) is 4.61. The molecular formula is C21H20O5. The lowest BCUT2D eigenvalue weighted by molar-refractivity contribution is -0.158. The van der Waals surface area contributed by atoms with Crippen LogP contribution in [0.4, 0.5) is 0 Å². The van der Waals surface area contributed by atoms with Crippen molar-refractivity contribution in [2.24, 2.45) is 0 Å². The molecule has 0 spiro atoms. The van der Waals surface area contributed by atoms with Gasteiger partial charge in [0.05, 0.1) is 6.26 Å². The molecule has 1 N–H and O–H groups in total. The lowest BCUT2D eigenvalue weighted by Crippen LogP contribution is -2.21. The Hall–Kier alpha value is -3.08. The van der Waals surface area contributed by atoms with Crippen molar-refractivity contribution in [1.29, 1.82) is 0 Å². The largest absolute Gasteiger partial charge is 0.473 e. The van der Waals surface area contributed by atoms with E-state index in [2.05, 4.69) is 19.1 Å². The number of esters is 1. The first-order valence-corrected chi connectivity index (χ1v) is 8.36. The number of rotatable bonds is 3. The topological polar surface area (TPSA) is 72.8 Å². The maximum absolute atomic E-state index is 11.6. The van der Waals surface area contributed by atoms with Crippen LogP contribution in [0.2, 0.25) is 0 Å². The molecule has 0 aromatic heterocycles. The minimum Gasteiger partial charge on any atom is -0.473 e. The Balaban J connectivity index is 1.95. The molecule has 0 saturated carbocycles. The zero-order valence-electron chi connectivity index (χ0n) is 14.9. The van der Waals surface area contributed by atoms with Gasteiger partial charge in [-0.15, -0.1) is 0 Å². The highest BCUT2D eigenvalue weighted by Crippen LogP contribution is 2.43. The van der Waals surface area contributed by atoms with E-state index in [9.17, 15) is 9.59 Å². The lowest BCUT2D eigenvalue weighted by atomic mass is 9.86. The summed E-state index contributed by atoms with van der Waals surface area (Å²) in [4.78, 5) is 22.4. The number of carbonyl (C=O) groups excluding carboxylic acids is 1. The van der Waals surface area contributed by atoms with Gasteiger partial charge in [0.2, 0.25) is 0 Å². The Kier molecular flexibility index (Phi) is 4.80. The van der Waals surface area contributed by atoms with Crippen LogP contribution in [-0.2, 0) is 16.0 Å². The van der Waals surface area contributed by atoms with Gasteiger partial charge in [0, 0.05) is 11.5 Å². The van der Waals surface area contributed by atoms with E-state index in [4.69, 9.17) is 14.6 Å². The van der Waals surface area contributed by atoms with Gasteiger partial charge in [-0.1, -0.05) is 31.2 Å². The standard InChI is InChI=1S/C21H20O5/c1-12-8-17-19(18(9-12)26-21(24)20(22)23)14(3)16(11-25-17)10-15-7-5-4-6-13(15)2/h4-9,11,14H,10H2,1-3H3,(H,22,23). The summed E-state index contributed by atoms with van der Waals surface area (Å²) in [6.45, 7) is 5.89. The van der Waals surface area contributed by atoms with Gasteiger partial charge >= 0.3 is 11.9 Å². The van der Waals surface area contributed by atoms with Crippen LogP contribution < -0.4 is 9.47 Å². The summed E-state index contributed by atoms with van der Waals surface area (Å²) < 4.78 is 10.9. The third kappa shape index (κ3) is 3.47. The van der Waals surface area contributed by atoms with Crippen molar-refractivity contribution < 1.29 is 24.2 Å². The van der Waals surface area contributed by atoms with E-state index in [1.807, 2.05) is 32.0 Å². The number of aliphatic carboxylic acids is 1. The molecule has 0 amide bonds. The highest BCUT2D eigenvalue weighted by Gasteiger charge is 2.28. The van der Waals surface area contributed by atoms with Gasteiger partial charge in [0.25, 0.3) is 0 Å². The Morgan fingerprint density at radius 1 is 1.19 bits per heavy atom. The molecule has 1 heterocycles. The van der Waals surface area contributed by atoms with Crippen LogP contribution in [0.15, 0.2) is 48.2 Å². The molecule has 2 aromatic rings. The second-order valence-corrected chi connectivity index (χ2v) is 6.51. The average molecular weight is 352 g/mol. The summed E-state index contributed by atoms with van der Waals surface area (Å²) in [5, 5.41) is 8.84. The summed E-state index contributed by atoms with van der Waals surface area (Å²) in [5.41, 5.74) is 4.92. The molecule has 1 aliphatic heterocycles. The Morgan fingerprint density at radius 3 is 2.62 bits per heavy atom. The van der Waals surface area contributed by atoms with Crippen LogP contribution in [0.3, 0.4) is 0 Å². The van der Waals surface area contributed by atoms with Crippen LogP contribution in [0.1, 0.15) is 35.1 Å². The Bertz CT molecular complexity index is 911. The Morgan fingerprint density at radius 2 is 1.92 bits per heavy atom. The number of carboxylic acids is 1. The summed E-state index contributed by atoms with van der Waals surface area (Å²) in [5.74, 6) is -2.19. The van der Waals surface area contributed by atoms with Gasteiger partial charge in [-0.25, -0.2) is 9.59 Å². The van der Waals surface area contributed by atoms with Crippen molar-refractivity contribution >= 4 is 11.9 Å². The van der Waals surface area contributed by atoms with Crippen molar-refractivity contribution in [3.8, 4) is 11.5 Å². The molecule has 26 heavy (non-hydrogen) atoms. The van der Waals surface area contributed by atoms with Crippen LogP contribution in [0.5, 0.6) is 11.5 Å². The molecule has 1 atom stereocenters. The predicted molar refractivity (Wildman–Crippen MR) is 96.5 cm³/mol. The highest BCUT2D eigenvalue weighted by molar-refractivity contribution is 6.29. The van der Waals surface area contributed by atoms with Gasteiger partial charge in [-0.3, -0.25) is 0 Å². The highest BCUT2D eigenvalue weighted by atomic mass is 16.6. The second-order valence-electron chi connectivity index (χ2n) is 6.51.